The molecule has 192 valence electrons. The van der Waals surface area contributed by atoms with E-state index < -0.39 is 6.04 Å². The van der Waals surface area contributed by atoms with E-state index in [4.69, 9.17) is 9.47 Å². The summed E-state index contributed by atoms with van der Waals surface area (Å²) in [5, 5.41) is 6.22. The zero-order chi connectivity index (χ0) is 25.5. The third-order valence-corrected chi connectivity index (χ3v) is 7.41. The molecule has 0 aromatic heterocycles. The highest BCUT2D eigenvalue weighted by Crippen LogP contribution is 2.36. The summed E-state index contributed by atoms with van der Waals surface area (Å²) in [4.78, 5) is 39.1. The highest BCUT2D eigenvalue weighted by molar-refractivity contribution is 7.99. The number of carbonyl (C=O) groups is 3. The van der Waals surface area contributed by atoms with Gasteiger partial charge in [0, 0.05) is 12.7 Å². The molecule has 4 rings (SSSR count). The summed E-state index contributed by atoms with van der Waals surface area (Å²) in [6.45, 7) is 4.12. The van der Waals surface area contributed by atoms with E-state index in [0.29, 0.717) is 36.8 Å². The highest BCUT2D eigenvalue weighted by atomic mass is 32.2. The topological polar surface area (TPSA) is 97.0 Å². The SMILES string of the molecule is CCCOc1ccc(OCC(=O)NC2CCC(NC(=O)[C@@H]3CSCN3C(C)=O)c3ccccc32)cc1. The molecule has 2 aromatic rings. The van der Waals surface area contributed by atoms with Crippen LogP contribution in [-0.2, 0) is 14.4 Å². The third kappa shape index (κ3) is 6.32. The number of benzene rings is 2. The van der Waals surface area contributed by atoms with Gasteiger partial charge in [-0.3, -0.25) is 14.4 Å². The summed E-state index contributed by atoms with van der Waals surface area (Å²) in [5.41, 5.74) is 1.98. The van der Waals surface area contributed by atoms with Gasteiger partial charge >= 0.3 is 0 Å². The van der Waals surface area contributed by atoms with E-state index in [9.17, 15) is 14.4 Å². The van der Waals surface area contributed by atoms with Crippen molar-refractivity contribution in [1.29, 1.82) is 0 Å². The Morgan fingerprint density at radius 2 is 1.56 bits per heavy atom. The molecular weight excluding hydrogens is 478 g/mol. The number of amides is 3. The minimum Gasteiger partial charge on any atom is -0.494 e. The molecule has 0 bridgehead atoms. The number of nitrogens with one attached hydrogen (secondary N) is 2. The van der Waals surface area contributed by atoms with Gasteiger partial charge in [0.25, 0.3) is 5.91 Å². The second-order valence-electron chi connectivity index (χ2n) is 9.00. The Morgan fingerprint density at radius 1 is 0.944 bits per heavy atom. The van der Waals surface area contributed by atoms with E-state index in [0.717, 1.165) is 23.3 Å². The second kappa shape index (κ2) is 12.2. The van der Waals surface area contributed by atoms with Crippen molar-refractivity contribution in [3.05, 3.63) is 59.7 Å². The first-order valence-electron chi connectivity index (χ1n) is 12.4. The van der Waals surface area contributed by atoms with Crippen molar-refractivity contribution < 1.29 is 23.9 Å². The molecule has 1 heterocycles. The van der Waals surface area contributed by atoms with Gasteiger partial charge in [-0.15, -0.1) is 11.8 Å². The van der Waals surface area contributed by atoms with Crippen molar-refractivity contribution in [3.63, 3.8) is 0 Å². The fourth-order valence-corrected chi connectivity index (χ4v) is 5.78. The molecule has 9 heteroatoms. The van der Waals surface area contributed by atoms with E-state index >= 15 is 0 Å². The van der Waals surface area contributed by atoms with Crippen LogP contribution >= 0.6 is 11.8 Å². The van der Waals surface area contributed by atoms with Crippen molar-refractivity contribution in [2.45, 2.75) is 51.2 Å². The fourth-order valence-electron chi connectivity index (χ4n) is 4.56. The summed E-state index contributed by atoms with van der Waals surface area (Å²) in [5.74, 6) is 2.10. The molecule has 8 nitrogen and oxygen atoms in total. The Balaban J connectivity index is 1.34. The molecule has 2 N–H and O–H groups in total. The molecule has 0 radical (unpaired) electrons. The predicted octanol–water partition coefficient (Wildman–Crippen LogP) is 3.58. The van der Waals surface area contributed by atoms with Gasteiger partial charge in [0.15, 0.2) is 6.61 Å². The van der Waals surface area contributed by atoms with Gasteiger partial charge < -0.3 is 25.0 Å². The van der Waals surface area contributed by atoms with Gasteiger partial charge in [0.2, 0.25) is 11.8 Å². The van der Waals surface area contributed by atoms with Gasteiger partial charge in [-0.25, -0.2) is 0 Å². The van der Waals surface area contributed by atoms with Crippen LogP contribution in [0, 0.1) is 0 Å². The lowest BCUT2D eigenvalue weighted by Gasteiger charge is -2.33. The zero-order valence-corrected chi connectivity index (χ0v) is 21.5. The van der Waals surface area contributed by atoms with E-state index in [1.807, 2.05) is 36.4 Å². The van der Waals surface area contributed by atoms with Crippen LogP contribution in [-0.4, -0.2) is 53.5 Å². The van der Waals surface area contributed by atoms with E-state index in [1.165, 1.54) is 6.92 Å². The van der Waals surface area contributed by atoms with Gasteiger partial charge in [-0.2, -0.15) is 0 Å². The molecule has 2 aromatic carbocycles. The monoisotopic (exact) mass is 511 g/mol. The number of thioether (sulfide) groups is 1. The first-order valence-corrected chi connectivity index (χ1v) is 13.5. The van der Waals surface area contributed by atoms with Crippen LogP contribution in [0.4, 0.5) is 0 Å². The quantitative estimate of drug-likeness (QED) is 0.534. The van der Waals surface area contributed by atoms with Crippen molar-refractivity contribution >= 4 is 29.5 Å². The minimum absolute atomic E-state index is 0.0880. The number of nitrogens with zero attached hydrogens (tertiary/aromatic N) is 1. The summed E-state index contributed by atoms with van der Waals surface area (Å²) < 4.78 is 11.2. The highest BCUT2D eigenvalue weighted by Gasteiger charge is 2.36. The maximum Gasteiger partial charge on any atom is 0.258 e. The van der Waals surface area contributed by atoms with Crippen LogP contribution in [0.15, 0.2) is 48.5 Å². The molecule has 1 saturated heterocycles. The Labute approximate surface area is 216 Å². The Bertz CT molecular complexity index is 1080. The molecule has 1 aliphatic carbocycles. The van der Waals surface area contributed by atoms with Crippen LogP contribution in [0.25, 0.3) is 0 Å². The molecule has 3 amide bonds. The minimum atomic E-state index is -0.443. The normalized spacial score (nSPS) is 20.8. The van der Waals surface area contributed by atoms with E-state index in [1.54, 1.807) is 28.8 Å². The number of ether oxygens (including phenoxy) is 2. The van der Waals surface area contributed by atoms with Crippen LogP contribution < -0.4 is 20.1 Å². The Morgan fingerprint density at radius 3 is 2.17 bits per heavy atom. The average molecular weight is 512 g/mol. The number of rotatable bonds is 9. The zero-order valence-electron chi connectivity index (χ0n) is 20.7. The van der Waals surface area contributed by atoms with Gasteiger partial charge in [-0.05, 0) is 54.7 Å². The molecule has 3 atom stereocenters. The maximum atomic E-state index is 13.0. The van der Waals surface area contributed by atoms with Crippen molar-refractivity contribution in [2.75, 3.05) is 24.8 Å². The van der Waals surface area contributed by atoms with Crippen LogP contribution in [0.2, 0.25) is 0 Å². The lowest BCUT2D eigenvalue weighted by atomic mass is 9.84. The summed E-state index contributed by atoms with van der Waals surface area (Å²) >= 11 is 1.59. The largest absolute Gasteiger partial charge is 0.494 e. The molecule has 36 heavy (non-hydrogen) atoms. The number of hydrogen-bond acceptors (Lipinski definition) is 6. The van der Waals surface area contributed by atoms with Gasteiger partial charge in [0.1, 0.15) is 17.5 Å². The van der Waals surface area contributed by atoms with E-state index in [2.05, 4.69) is 17.6 Å². The van der Waals surface area contributed by atoms with Crippen molar-refractivity contribution in [3.8, 4) is 11.5 Å². The van der Waals surface area contributed by atoms with E-state index in [-0.39, 0.29) is 36.4 Å². The second-order valence-corrected chi connectivity index (χ2v) is 10.0. The van der Waals surface area contributed by atoms with Crippen molar-refractivity contribution in [2.24, 2.45) is 0 Å². The summed E-state index contributed by atoms with van der Waals surface area (Å²) in [6, 6.07) is 14.3. The molecule has 0 saturated carbocycles. The van der Waals surface area contributed by atoms with Gasteiger partial charge in [-0.1, -0.05) is 31.2 Å². The summed E-state index contributed by atoms with van der Waals surface area (Å²) in [7, 11) is 0. The lowest BCUT2D eigenvalue weighted by Crippen LogP contribution is -2.48. The first kappa shape index (κ1) is 25.9. The molecule has 1 fully saturated rings. The predicted molar refractivity (Wildman–Crippen MR) is 139 cm³/mol. The fraction of sp³-hybridized carbons (Fsp3) is 0.444. The number of fused-ring (bicyclic) bond motifs is 1. The Kier molecular flexibility index (Phi) is 8.74. The van der Waals surface area contributed by atoms with Crippen LogP contribution in [0.1, 0.15) is 56.3 Å². The average Bonchev–Trinajstić information content (AvgIpc) is 3.39. The lowest BCUT2D eigenvalue weighted by molar-refractivity contribution is -0.136. The third-order valence-electron chi connectivity index (χ3n) is 6.40. The van der Waals surface area contributed by atoms with Crippen LogP contribution in [0.3, 0.4) is 0 Å². The van der Waals surface area contributed by atoms with Crippen LogP contribution in [0.5, 0.6) is 11.5 Å². The Hall–Kier alpha value is -3.20. The molecule has 2 aliphatic rings. The number of hydrogen-bond donors (Lipinski definition) is 2. The molecule has 0 spiro atoms. The summed E-state index contributed by atoms with van der Waals surface area (Å²) in [6.07, 6.45) is 2.31. The molecule has 2 unspecified atom stereocenters. The molecule has 1 aliphatic heterocycles. The number of carbonyl (C=O) groups excluding carboxylic acids is 3. The van der Waals surface area contributed by atoms with Crippen molar-refractivity contribution in [1.82, 2.24) is 15.5 Å². The maximum absolute atomic E-state index is 13.0. The standard InChI is InChI=1S/C27H33N3O5S/c1-3-14-34-19-8-10-20(11-9-19)35-15-26(32)28-23-12-13-24(22-7-5-4-6-21(22)23)29-27(33)25-16-36-17-30(25)18(2)31/h4-11,23-25H,3,12-17H2,1-2H3,(H,28,32)(H,29,33)/t23?,24?,25-/m0/s1. The van der Waals surface area contributed by atoms with Gasteiger partial charge in [0.05, 0.1) is 24.6 Å². The molecular formula is C27H33N3O5S. The smallest absolute Gasteiger partial charge is 0.258 e. The first-order chi connectivity index (χ1) is 17.5.